The number of fused-ring (bicyclic) bond motifs is 4. The second-order valence-electron chi connectivity index (χ2n) is 10.9. The molecule has 3 saturated heterocycles. The predicted octanol–water partition coefficient (Wildman–Crippen LogP) is 3.49. The molecule has 5 atom stereocenters. The molecule has 1 N–H and O–H groups in total. The van der Waals surface area contributed by atoms with Gasteiger partial charge in [-0.2, -0.15) is 0 Å². The number of nitrogens with zero attached hydrogens (tertiary/aromatic N) is 1. The van der Waals surface area contributed by atoms with Gasteiger partial charge in [-0.05, 0) is 74.2 Å². The molecule has 4 aliphatic carbocycles. The van der Waals surface area contributed by atoms with Crippen molar-refractivity contribution in [2.75, 3.05) is 19.6 Å². The van der Waals surface area contributed by atoms with Crippen molar-refractivity contribution in [1.82, 2.24) is 10.2 Å². The topological polar surface area (TPSA) is 32.3 Å². The maximum absolute atomic E-state index is 13.9. The van der Waals surface area contributed by atoms with E-state index in [1.807, 2.05) is 0 Å². The number of piperidine rings is 3. The third kappa shape index (κ3) is 1.54. The van der Waals surface area contributed by atoms with Crippen molar-refractivity contribution in [2.24, 2.45) is 22.7 Å². The Morgan fingerprint density at radius 2 is 1.74 bits per heavy atom. The summed E-state index contributed by atoms with van der Waals surface area (Å²) in [6, 6.07) is 11.2. The highest BCUT2D eigenvalue weighted by atomic mass is 16.2. The summed E-state index contributed by atoms with van der Waals surface area (Å²) in [6.07, 6.45) is 9.83. The molecule has 7 aliphatic rings. The monoisotopic (exact) mass is 362 g/mol. The fourth-order valence-electron chi connectivity index (χ4n) is 9.35. The number of amides is 1. The molecule has 4 bridgehead atoms. The van der Waals surface area contributed by atoms with Crippen molar-refractivity contribution < 1.29 is 4.79 Å². The van der Waals surface area contributed by atoms with E-state index in [1.54, 1.807) is 0 Å². The van der Waals surface area contributed by atoms with Crippen LogP contribution in [0.2, 0.25) is 0 Å². The molecule has 3 nitrogen and oxygen atoms in total. The number of hydrogen-bond acceptors (Lipinski definition) is 2. The first-order valence-corrected chi connectivity index (χ1v) is 11.2. The van der Waals surface area contributed by atoms with Crippen LogP contribution in [0.25, 0.3) is 0 Å². The lowest BCUT2D eigenvalue weighted by molar-refractivity contribution is -0.260. The van der Waals surface area contributed by atoms with Crippen LogP contribution in [0.3, 0.4) is 0 Å². The number of hydrogen-bond donors (Lipinski definition) is 1. The van der Waals surface area contributed by atoms with Gasteiger partial charge in [0.05, 0.1) is 5.41 Å². The molecule has 142 valence electrons. The Hall–Kier alpha value is -1.35. The number of rotatable bonds is 3. The molecule has 3 heterocycles. The molecular formula is C24H30N2O. The van der Waals surface area contributed by atoms with Crippen LogP contribution < -0.4 is 5.32 Å². The van der Waals surface area contributed by atoms with Crippen LogP contribution >= 0.6 is 0 Å². The van der Waals surface area contributed by atoms with Gasteiger partial charge < -0.3 is 10.2 Å². The van der Waals surface area contributed by atoms with E-state index >= 15 is 0 Å². The van der Waals surface area contributed by atoms with Gasteiger partial charge in [-0.1, -0.05) is 30.3 Å². The summed E-state index contributed by atoms with van der Waals surface area (Å²) in [7, 11) is 0. The smallest absolute Gasteiger partial charge is 0.227 e. The summed E-state index contributed by atoms with van der Waals surface area (Å²) in [5, 5.41) is 3.71. The molecule has 8 rings (SSSR count). The van der Waals surface area contributed by atoms with E-state index < -0.39 is 0 Å². The molecule has 1 aromatic carbocycles. The minimum absolute atomic E-state index is 0.0436. The van der Waals surface area contributed by atoms with Crippen LogP contribution in [0.5, 0.6) is 0 Å². The van der Waals surface area contributed by atoms with Gasteiger partial charge in [0.1, 0.15) is 0 Å². The Balaban J connectivity index is 1.24. The van der Waals surface area contributed by atoms with Gasteiger partial charge in [-0.15, -0.1) is 0 Å². The largest absolute Gasteiger partial charge is 0.350 e. The summed E-state index contributed by atoms with van der Waals surface area (Å²) in [5.41, 5.74) is 2.20. The number of nitrogens with one attached hydrogen (secondary N) is 1. The van der Waals surface area contributed by atoms with E-state index in [2.05, 4.69) is 40.5 Å². The quantitative estimate of drug-likeness (QED) is 0.893. The van der Waals surface area contributed by atoms with Gasteiger partial charge in [0.25, 0.3) is 0 Å². The van der Waals surface area contributed by atoms with Gasteiger partial charge in [0.2, 0.25) is 5.91 Å². The molecule has 4 saturated carbocycles. The SMILES string of the molecule is O=C(NC12CCN(CC1)CC2)C12CC3CC4CC(c5ccccc5)(C1)C42C3. The van der Waals surface area contributed by atoms with Crippen molar-refractivity contribution in [1.29, 1.82) is 0 Å². The fraction of sp³-hybridized carbons (Fsp3) is 0.708. The van der Waals surface area contributed by atoms with Gasteiger partial charge >= 0.3 is 0 Å². The number of benzene rings is 1. The molecule has 0 radical (unpaired) electrons. The molecule has 1 spiro atoms. The van der Waals surface area contributed by atoms with Crippen molar-refractivity contribution in [3.05, 3.63) is 35.9 Å². The molecule has 3 heteroatoms. The predicted molar refractivity (Wildman–Crippen MR) is 104 cm³/mol. The van der Waals surface area contributed by atoms with Crippen molar-refractivity contribution in [3.8, 4) is 0 Å². The molecule has 3 aliphatic heterocycles. The maximum Gasteiger partial charge on any atom is 0.227 e. The maximum atomic E-state index is 13.9. The summed E-state index contributed by atoms with van der Waals surface area (Å²) in [5.74, 6) is 2.07. The Labute approximate surface area is 161 Å². The van der Waals surface area contributed by atoms with Gasteiger partial charge in [-0.3, -0.25) is 4.79 Å². The fourth-order valence-corrected chi connectivity index (χ4v) is 9.35. The molecular weight excluding hydrogens is 332 g/mol. The number of carbonyl (C=O) groups is 1. The van der Waals surface area contributed by atoms with Crippen LogP contribution in [0.1, 0.15) is 56.9 Å². The zero-order chi connectivity index (χ0) is 17.9. The first-order chi connectivity index (χ1) is 13.1. The van der Waals surface area contributed by atoms with Crippen LogP contribution in [0.4, 0.5) is 0 Å². The second kappa shape index (κ2) is 4.62. The molecule has 5 unspecified atom stereocenters. The van der Waals surface area contributed by atoms with Gasteiger partial charge in [0.15, 0.2) is 0 Å². The average molecular weight is 363 g/mol. The van der Waals surface area contributed by atoms with Gasteiger partial charge in [-0.25, -0.2) is 0 Å². The highest BCUT2D eigenvalue weighted by Crippen LogP contribution is 2.91. The second-order valence-corrected chi connectivity index (χ2v) is 10.9. The van der Waals surface area contributed by atoms with Crippen LogP contribution in [0.15, 0.2) is 30.3 Å². The Bertz CT molecular complexity index is 814. The van der Waals surface area contributed by atoms with Crippen molar-refractivity contribution in [3.63, 3.8) is 0 Å². The van der Waals surface area contributed by atoms with Crippen molar-refractivity contribution >= 4 is 5.91 Å². The van der Waals surface area contributed by atoms with E-state index in [9.17, 15) is 4.79 Å². The highest BCUT2D eigenvalue weighted by molar-refractivity contribution is 5.88. The molecule has 27 heavy (non-hydrogen) atoms. The minimum atomic E-state index is -0.0436. The van der Waals surface area contributed by atoms with E-state index in [0.717, 1.165) is 18.3 Å². The Kier molecular flexibility index (Phi) is 2.66. The lowest BCUT2D eigenvalue weighted by atomic mass is 9.23. The lowest BCUT2D eigenvalue weighted by Crippen LogP contribution is -2.80. The summed E-state index contributed by atoms with van der Waals surface area (Å²) in [6.45, 7) is 3.53. The first-order valence-electron chi connectivity index (χ1n) is 11.2. The minimum Gasteiger partial charge on any atom is -0.350 e. The summed E-state index contributed by atoms with van der Waals surface area (Å²) in [4.78, 5) is 16.4. The molecule has 0 aromatic heterocycles. The van der Waals surface area contributed by atoms with E-state index in [1.165, 1.54) is 70.1 Å². The van der Waals surface area contributed by atoms with Crippen LogP contribution in [0, 0.1) is 22.7 Å². The van der Waals surface area contributed by atoms with E-state index in [-0.39, 0.29) is 11.0 Å². The third-order valence-electron chi connectivity index (χ3n) is 10.3. The summed E-state index contributed by atoms with van der Waals surface area (Å²) >= 11 is 0. The lowest BCUT2D eigenvalue weighted by Gasteiger charge is -2.79. The Morgan fingerprint density at radius 1 is 1.00 bits per heavy atom. The van der Waals surface area contributed by atoms with Crippen molar-refractivity contribution in [2.45, 2.75) is 62.3 Å². The van der Waals surface area contributed by atoms with Gasteiger partial charge in [0, 0.05) is 30.6 Å². The normalized spacial score (nSPS) is 53.4. The average Bonchev–Trinajstić information content (AvgIpc) is 3.20. The Morgan fingerprint density at radius 3 is 2.44 bits per heavy atom. The standard InChI is InChI=1S/C24H30N2O/c27-20(25-21-6-9-26(10-7-21)11-8-21)23-13-17-12-19-15-22(16-23,24(19,23)14-17)18-4-2-1-3-5-18/h1-5,17,19H,6-16H2,(H,25,27). The zero-order valence-electron chi connectivity index (χ0n) is 16.2. The number of carbonyl (C=O) groups excluding carboxylic acids is 1. The summed E-state index contributed by atoms with van der Waals surface area (Å²) < 4.78 is 0. The molecule has 1 aromatic rings. The third-order valence-corrected chi connectivity index (χ3v) is 10.3. The highest BCUT2D eigenvalue weighted by Gasteiger charge is 2.89. The van der Waals surface area contributed by atoms with E-state index in [4.69, 9.17) is 0 Å². The zero-order valence-corrected chi connectivity index (χ0v) is 16.2. The van der Waals surface area contributed by atoms with Crippen LogP contribution in [-0.4, -0.2) is 36.0 Å². The molecule has 1 amide bonds. The van der Waals surface area contributed by atoms with E-state index in [0.29, 0.717) is 16.7 Å². The first kappa shape index (κ1) is 15.6. The van der Waals surface area contributed by atoms with Crippen LogP contribution in [-0.2, 0) is 10.2 Å². The molecule has 7 fully saturated rings.